The molecule has 0 unspecified atom stereocenters. The zero-order valence-electron chi connectivity index (χ0n) is 22.9. The van der Waals surface area contributed by atoms with Crippen molar-refractivity contribution in [3.63, 3.8) is 0 Å². The second-order valence-electron chi connectivity index (χ2n) is 11.1. The number of hydrogen-bond acceptors (Lipinski definition) is 8. The maximum Gasteiger partial charge on any atom is 0.461 e. The molecule has 1 amide bonds. The van der Waals surface area contributed by atoms with Gasteiger partial charge in [0.05, 0.1) is 16.5 Å². The van der Waals surface area contributed by atoms with Crippen LogP contribution in [0.4, 0.5) is 4.79 Å². The second kappa shape index (κ2) is 10.4. The monoisotopic (exact) mass is 566 g/mol. The van der Waals surface area contributed by atoms with Gasteiger partial charge in [0.2, 0.25) is 5.36 Å². The fourth-order valence-electron chi connectivity index (χ4n) is 4.04. The van der Waals surface area contributed by atoms with E-state index in [4.69, 9.17) is 13.9 Å². The van der Waals surface area contributed by atoms with Crippen molar-refractivity contribution >= 4 is 33.1 Å². The Bertz CT molecular complexity index is 1760. The summed E-state index contributed by atoms with van der Waals surface area (Å²) in [7, 11) is -4.83. The number of hydrazine groups is 1. The van der Waals surface area contributed by atoms with Gasteiger partial charge < -0.3 is 18.4 Å². The molecule has 11 heteroatoms. The molecule has 0 saturated heterocycles. The molecule has 0 bridgehead atoms. The Morgan fingerprint density at radius 1 is 0.875 bits per heavy atom. The molecular formula is C29H30N2O8S. The van der Waals surface area contributed by atoms with Crippen LogP contribution in [0, 0.1) is 0 Å². The first-order valence-electron chi connectivity index (χ1n) is 12.4. The highest BCUT2D eigenvalue weighted by Crippen LogP contribution is 2.42. The van der Waals surface area contributed by atoms with Gasteiger partial charge in [0.1, 0.15) is 32.7 Å². The molecule has 2 aliphatic rings. The van der Waals surface area contributed by atoms with Gasteiger partial charge >= 0.3 is 12.1 Å². The Morgan fingerprint density at radius 2 is 1.55 bits per heavy atom. The van der Waals surface area contributed by atoms with Crippen molar-refractivity contribution in [2.24, 2.45) is 0 Å². The van der Waals surface area contributed by atoms with E-state index < -0.39 is 38.3 Å². The summed E-state index contributed by atoms with van der Waals surface area (Å²) in [6.45, 7) is 10.5. The summed E-state index contributed by atoms with van der Waals surface area (Å²) < 4.78 is 53.4. The Kier molecular flexibility index (Phi) is 7.48. The molecule has 0 spiro atoms. The van der Waals surface area contributed by atoms with Crippen LogP contribution >= 0.6 is 0 Å². The van der Waals surface area contributed by atoms with Crippen LogP contribution in [0.1, 0.15) is 51.9 Å². The van der Waals surface area contributed by atoms with Crippen molar-refractivity contribution < 1.29 is 41.6 Å². The molecule has 40 heavy (non-hydrogen) atoms. The minimum Gasteiger partial charge on any atom is -0.744 e. The number of ether oxygens (including phenoxy) is 2. The van der Waals surface area contributed by atoms with E-state index in [1.807, 2.05) is 0 Å². The predicted molar refractivity (Wildman–Crippen MR) is 145 cm³/mol. The third kappa shape index (κ3) is 6.67. The molecule has 1 aliphatic carbocycles. The second-order valence-corrected chi connectivity index (χ2v) is 12.5. The lowest BCUT2D eigenvalue weighted by Crippen LogP contribution is -2.87. The van der Waals surface area contributed by atoms with Crippen molar-refractivity contribution in [1.82, 2.24) is 5.43 Å². The number of rotatable bonds is 4. The summed E-state index contributed by atoms with van der Waals surface area (Å²) in [5, 5.41) is 3.66. The number of esters is 1. The van der Waals surface area contributed by atoms with E-state index in [0.29, 0.717) is 21.9 Å². The van der Waals surface area contributed by atoms with Crippen LogP contribution in [0.3, 0.4) is 0 Å². The van der Waals surface area contributed by atoms with Crippen LogP contribution in [0.2, 0.25) is 0 Å². The maximum absolute atomic E-state index is 12.8. The average molecular weight is 567 g/mol. The van der Waals surface area contributed by atoms with Gasteiger partial charge in [-0.1, -0.05) is 23.6 Å². The summed E-state index contributed by atoms with van der Waals surface area (Å²) in [6, 6.07) is 15.5. The highest BCUT2D eigenvalue weighted by Gasteiger charge is 2.24. The molecule has 2 aromatic carbocycles. The van der Waals surface area contributed by atoms with Crippen LogP contribution in [0.15, 0.2) is 70.0 Å². The van der Waals surface area contributed by atoms with Crippen LogP contribution in [0.25, 0.3) is 33.4 Å². The Labute approximate surface area is 231 Å². The highest BCUT2D eigenvalue weighted by molar-refractivity contribution is 7.85. The Morgan fingerprint density at radius 3 is 2.20 bits per heavy atom. The smallest absolute Gasteiger partial charge is 0.461 e. The number of carbonyl (C=O) groups is 2. The first-order chi connectivity index (χ1) is 18.5. The van der Waals surface area contributed by atoms with E-state index in [0.717, 1.165) is 0 Å². The Balaban J connectivity index is 1.96. The standard InChI is InChI=1S/C29H30N2O8S/c1-28(2,3)38-26(32)17-11-13-19-22(15-17)37-23-16-18(30-31-27(33)39-29(4,5)6)12-14-20(23)25(19)21-9-7-8-10-24(21)40(34,35)36/h7-16H,1-6H3,(H,31,33)(H,34,35,36)/b30-18+. The molecule has 2 aromatic rings. The van der Waals surface area contributed by atoms with E-state index in [1.54, 1.807) is 77.9 Å². The number of amides is 1. The predicted octanol–water partition coefficient (Wildman–Crippen LogP) is 3.49. The van der Waals surface area contributed by atoms with E-state index in [-0.39, 0.29) is 22.5 Å². The van der Waals surface area contributed by atoms with Gasteiger partial charge in [-0.3, -0.25) is 0 Å². The van der Waals surface area contributed by atoms with Crippen molar-refractivity contribution in [3.8, 4) is 22.5 Å². The first-order valence-corrected chi connectivity index (χ1v) is 13.8. The number of benzene rings is 3. The fourth-order valence-corrected chi connectivity index (χ4v) is 4.72. The van der Waals surface area contributed by atoms with E-state index >= 15 is 0 Å². The van der Waals surface area contributed by atoms with Gasteiger partial charge in [-0.25, -0.2) is 18.0 Å². The lowest BCUT2D eigenvalue weighted by molar-refractivity contribution is -0.552. The van der Waals surface area contributed by atoms with Crippen molar-refractivity contribution in [2.45, 2.75) is 57.6 Å². The quantitative estimate of drug-likeness (QED) is 0.165. The summed E-state index contributed by atoms with van der Waals surface area (Å²) in [6.07, 6.45) is -0.694. The fraction of sp³-hybridized carbons (Fsp3) is 0.276. The van der Waals surface area contributed by atoms with Gasteiger partial charge in [-0.2, -0.15) is 0 Å². The van der Waals surface area contributed by atoms with Crippen molar-refractivity contribution in [1.29, 1.82) is 0 Å². The molecule has 2 N–H and O–H groups in total. The zero-order valence-corrected chi connectivity index (χ0v) is 23.8. The molecule has 1 heterocycles. The first kappa shape index (κ1) is 28.8. The van der Waals surface area contributed by atoms with Gasteiger partial charge in [-0.15, -0.1) is 5.10 Å². The molecule has 0 radical (unpaired) electrons. The largest absolute Gasteiger partial charge is 0.744 e. The topological polar surface area (TPSA) is 149 Å². The van der Waals surface area contributed by atoms with Crippen molar-refractivity contribution in [2.75, 3.05) is 0 Å². The minimum absolute atomic E-state index is 0.181. The van der Waals surface area contributed by atoms with Crippen LogP contribution in [-0.4, -0.2) is 36.2 Å². The minimum atomic E-state index is -4.83. The molecule has 210 valence electrons. The van der Waals surface area contributed by atoms with Gasteiger partial charge in [0.25, 0.3) is 0 Å². The molecular weight excluding hydrogens is 536 g/mol. The Hall–Kier alpha value is -4.22. The molecule has 0 aromatic heterocycles. The molecule has 1 aliphatic heterocycles. The molecule has 10 nitrogen and oxygen atoms in total. The van der Waals surface area contributed by atoms with E-state index in [2.05, 4.69) is 10.5 Å². The van der Waals surface area contributed by atoms with Crippen molar-refractivity contribution in [3.05, 3.63) is 71.6 Å². The van der Waals surface area contributed by atoms with Gasteiger partial charge in [-0.05, 0) is 71.9 Å². The SMILES string of the molecule is CC(C)(C)OC(=O)N/[NH+]=c1\ccc2c(-c3ccccc3S(=O)(=O)[O-])c3ccc(C(=O)OC(C)(C)C)cc3oc-2c1. The number of nitrogens with one attached hydrogen (secondary N) is 2. The lowest BCUT2D eigenvalue weighted by Gasteiger charge is -2.20. The molecule has 0 fully saturated rings. The zero-order chi connectivity index (χ0) is 29.5. The normalized spacial score (nSPS) is 12.9. The summed E-state index contributed by atoms with van der Waals surface area (Å²) >= 11 is 0. The molecule has 0 atom stereocenters. The lowest BCUT2D eigenvalue weighted by atomic mass is 9.93. The van der Waals surface area contributed by atoms with Gasteiger partial charge in [0, 0.05) is 28.1 Å². The summed E-state index contributed by atoms with van der Waals surface area (Å²) in [5.74, 6) is -0.274. The van der Waals surface area contributed by atoms with Crippen LogP contribution in [0.5, 0.6) is 0 Å². The van der Waals surface area contributed by atoms with Crippen LogP contribution < -0.4 is 15.9 Å². The third-order valence-corrected chi connectivity index (χ3v) is 6.38. The summed E-state index contributed by atoms with van der Waals surface area (Å²) in [4.78, 5) is 24.5. The van der Waals surface area contributed by atoms with E-state index in [9.17, 15) is 22.6 Å². The average Bonchev–Trinajstić information content (AvgIpc) is 2.83. The highest BCUT2D eigenvalue weighted by atomic mass is 32.2. The van der Waals surface area contributed by atoms with Crippen LogP contribution in [-0.2, 0) is 19.6 Å². The number of fused-ring (bicyclic) bond motifs is 2. The summed E-state index contributed by atoms with van der Waals surface area (Å²) in [5.41, 5.74) is 2.61. The molecule has 4 rings (SSSR count). The van der Waals surface area contributed by atoms with E-state index in [1.165, 1.54) is 24.3 Å². The maximum atomic E-state index is 12.8. The number of carbonyl (C=O) groups excluding carboxylic acids is 2. The molecule has 0 saturated carbocycles. The third-order valence-electron chi connectivity index (χ3n) is 5.49. The van der Waals surface area contributed by atoms with Gasteiger partial charge in [0.15, 0.2) is 0 Å². The number of hydrogen-bond donors (Lipinski definition) is 2.